The molecule has 3 aromatic carbocycles. The van der Waals surface area contributed by atoms with Crippen LogP contribution in [0.15, 0.2) is 48.5 Å². The van der Waals surface area contributed by atoms with Crippen LogP contribution in [0.25, 0.3) is 11.1 Å². The van der Waals surface area contributed by atoms with Crippen LogP contribution < -0.4 is 9.47 Å². The van der Waals surface area contributed by atoms with Gasteiger partial charge < -0.3 is 18.9 Å². The van der Waals surface area contributed by atoms with Crippen molar-refractivity contribution in [2.45, 2.75) is 83.0 Å². The molecular formula is C35H35F9O4. The minimum absolute atomic E-state index is 0.00140. The normalized spacial score (nSPS) is 22.0. The highest BCUT2D eigenvalue weighted by Crippen LogP contribution is 2.44. The topological polar surface area (TPSA) is 36.9 Å². The van der Waals surface area contributed by atoms with E-state index in [0.717, 1.165) is 37.8 Å². The molecule has 0 atom stereocenters. The van der Waals surface area contributed by atoms with Gasteiger partial charge in [-0.2, -0.15) is 8.78 Å². The standard InChI is InChI=1S/C35H35F9O4/c1-2-3-4-5-20-18-45-33(46-19-20)22-8-12-26(28(36)14-22)21-6-9-24(10-7-21)34(40,41)47-25-11-13-27(29(37)17-25)23-15-30(38)32(31(39)16-23)48-35(42,43)44/h8,11-17,20-21,24,33H,2-7,9-10,18-19H2,1H3. The maximum atomic E-state index is 15.2. The third-order valence-electron chi connectivity index (χ3n) is 8.84. The number of hydrogen-bond acceptors (Lipinski definition) is 4. The molecule has 0 bridgehead atoms. The minimum atomic E-state index is -5.36. The van der Waals surface area contributed by atoms with Crippen molar-refractivity contribution < 1.29 is 58.5 Å². The quantitative estimate of drug-likeness (QED) is 0.148. The van der Waals surface area contributed by atoms with E-state index in [1.165, 1.54) is 6.07 Å². The highest BCUT2D eigenvalue weighted by Gasteiger charge is 2.44. The van der Waals surface area contributed by atoms with Crippen LogP contribution in [0, 0.1) is 35.1 Å². The van der Waals surface area contributed by atoms with E-state index in [-0.39, 0.29) is 31.6 Å². The zero-order chi connectivity index (χ0) is 34.6. The van der Waals surface area contributed by atoms with Gasteiger partial charge in [0.1, 0.15) is 17.4 Å². The van der Waals surface area contributed by atoms with Gasteiger partial charge in [0.05, 0.1) is 19.1 Å². The fraction of sp³-hybridized carbons (Fsp3) is 0.486. The predicted octanol–water partition coefficient (Wildman–Crippen LogP) is 11.0. The molecule has 5 rings (SSSR count). The molecule has 0 radical (unpaired) electrons. The summed E-state index contributed by atoms with van der Waals surface area (Å²) in [5, 5.41) is 0. The summed E-state index contributed by atoms with van der Waals surface area (Å²) in [6.45, 7) is 3.21. The highest BCUT2D eigenvalue weighted by molar-refractivity contribution is 5.66. The molecule has 0 N–H and O–H groups in total. The Balaban J connectivity index is 1.16. The zero-order valence-electron chi connectivity index (χ0n) is 26.0. The molecule has 0 spiro atoms. The average Bonchev–Trinajstić information content (AvgIpc) is 3.03. The van der Waals surface area contributed by atoms with Crippen molar-refractivity contribution in [2.75, 3.05) is 13.2 Å². The Labute approximate surface area is 272 Å². The average molecular weight is 691 g/mol. The Bertz CT molecular complexity index is 1520. The van der Waals surface area contributed by atoms with Gasteiger partial charge in [-0.05, 0) is 79.5 Å². The third kappa shape index (κ3) is 8.76. The molecule has 3 aromatic rings. The summed E-state index contributed by atoms with van der Waals surface area (Å²) < 4.78 is 146. The number of halogens is 9. The van der Waals surface area contributed by atoms with Gasteiger partial charge in [-0.3, -0.25) is 0 Å². The van der Waals surface area contributed by atoms with Crippen LogP contribution in [0.1, 0.15) is 81.6 Å². The molecule has 1 aliphatic heterocycles. The molecule has 48 heavy (non-hydrogen) atoms. The van der Waals surface area contributed by atoms with Crippen molar-refractivity contribution in [3.63, 3.8) is 0 Å². The summed E-state index contributed by atoms with van der Waals surface area (Å²) in [5.74, 6) is -8.67. The van der Waals surface area contributed by atoms with Gasteiger partial charge >= 0.3 is 12.5 Å². The molecule has 2 aliphatic rings. The predicted molar refractivity (Wildman–Crippen MR) is 157 cm³/mol. The molecule has 0 amide bonds. The van der Waals surface area contributed by atoms with Crippen molar-refractivity contribution in [1.82, 2.24) is 0 Å². The van der Waals surface area contributed by atoms with E-state index in [1.807, 2.05) is 0 Å². The molecule has 1 saturated heterocycles. The van der Waals surface area contributed by atoms with E-state index < -0.39 is 70.6 Å². The molecule has 1 saturated carbocycles. The van der Waals surface area contributed by atoms with Crippen LogP contribution in [-0.4, -0.2) is 25.7 Å². The first-order valence-corrected chi connectivity index (χ1v) is 15.9. The van der Waals surface area contributed by atoms with Gasteiger partial charge in [-0.15, -0.1) is 13.2 Å². The summed E-state index contributed by atoms with van der Waals surface area (Å²) in [4.78, 5) is 0. The number of alkyl halides is 5. The van der Waals surface area contributed by atoms with Gasteiger partial charge in [0, 0.05) is 23.1 Å². The van der Waals surface area contributed by atoms with Gasteiger partial charge in [0.25, 0.3) is 0 Å². The molecule has 0 unspecified atom stereocenters. The number of ether oxygens (including phenoxy) is 4. The molecule has 1 heterocycles. The van der Waals surface area contributed by atoms with Crippen LogP contribution in [0.2, 0.25) is 0 Å². The van der Waals surface area contributed by atoms with Gasteiger partial charge in [0.15, 0.2) is 17.9 Å². The van der Waals surface area contributed by atoms with E-state index in [9.17, 15) is 26.3 Å². The second-order valence-electron chi connectivity index (χ2n) is 12.3. The Kier molecular flexibility index (Phi) is 11.2. The lowest BCUT2D eigenvalue weighted by atomic mass is 9.78. The summed E-state index contributed by atoms with van der Waals surface area (Å²) in [6, 6.07) is 8.05. The van der Waals surface area contributed by atoms with Crippen LogP contribution in [0.5, 0.6) is 11.5 Å². The van der Waals surface area contributed by atoms with Gasteiger partial charge in [0.2, 0.25) is 5.75 Å². The summed E-state index contributed by atoms with van der Waals surface area (Å²) in [5.41, 5.74) is 0.0130. The molecule has 13 heteroatoms. The summed E-state index contributed by atoms with van der Waals surface area (Å²) >= 11 is 0. The van der Waals surface area contributed by atoms with Crippen LogP contribution >= 0.6 is 0 Å². The van der Waals surface area contributed by atoms with E-state index in [0.29, 0.717) is 48.5 Å². The first-order chi connectivity index (χ1) is 22.7. The van der Waals surface area contributed by atoms with E-state index in [4.69, 9.17) is 14.2 Å². The van der Waals surface area contributed by atoms with Gasteiger partial charge in [-0.1, -0.05) is 38.3 Å². The van der Waals surface area contributed by atoms with Crippen molar-refractivity contribution in [2.24, 2.45) is 11.8 Å². The molecule has 262 valence electrons. The SMILES string of the molecule is CCCCCC1COC(c2ccc(C3CCC(C(F)(F)Oc4ccc(-c5cc(F)c(OC(F)(F)F)c(F)c5)c(F)c4)CC3)c(F)c2)OC1. The highest BCUT2D eigenvalue weighted by atomic mass is 19.4. The zero-order valence-corrected chi connectivity index (χ0v) is 26.0. The molecule has 2 fully saturated rings. The molecule has 4 nitrogen and oxygen atoms in total. The second-order valence-corrected chi connectivity index (χ2v) is 12.3. The Morgan fingerprint density at radius 2 is 1.40 bits per heavy atom. The lowest BCUT2D eigenvalue weighted by Crippen LogP contribution is -2.37. The van der Waals surface area contributed by atoms with Crippen LogP contribution in [0.4, 0.5) is 39.5 Å². The number of rotatable bonds is 11. The van der Waals surface area contributed by atoms with Crippen molar-refractivity contribution in [3.8, 4) is 22.6 Å². The minimum Gasteiger partial charge on any atom is -0.432 e. The maximum absolute atomic E-state index is 15.2. The fourth-order valence-electron chi connectivity index (χ4n) is 6.31. The Morgan fingerprint density at radius 1 is 0.729 bits per heavy atom. The lowest BCUT2D eigenvalue weighted by molar-refractivity contribution is -0.276. The number of unbranched alkanes of at least 4 members (excludes halogenated alkanes) is 2. The van der Waals surface area contributed by atoms with Crippen molar-refractivity contribution in [3.05, 3.63) is 82.9 Å². The van der Waals surface area contributed by atoms with Crippen LogP contribution in [-0.2, 0) is 9.47 Å². The summed E-state index contributed by atoms with van der Waals surface area (Å²) in [6.07, 6.45) is -4.84. The molecule has 1 aliphatic carbocycles. The van der Waals surface area contributed by atoms with E-state index in [1.54, 1.807) is 12.1 Å². The first kappa shape index (κ1) is 35.8. The second kappa shape index (κ2) is 15.0. The third-order valence-corrected chi connectivity index (χ3v) is 8.84. The van der Waals surface area contributed by atoms with E-state index >= 15 is 13.2 Å². The van der Waals surface area contributed by atoms with Crippen molar-refractivity contribution in [1.29, 1.82) is 0 Å². The van der Waals surface area contributed by atoms with Crippen LogP contribution in [0.3, 0.4) is 0 Å². The Morgan fingerprint density at radius 3 is 1.98 bits per heavy atom. The van der Waals surface area contributed by atoms with Gasteiger partial charge in [-0.25, -0.2) is 17.6 Å². The maximum Gasteiger partial charge on any atom is 0.573 e. The lowest BCUT2D eigenvalue weighted by Gasteiger charge is -2.34. The monoisotopic (exact) mass is 690 g/mol. The molecule has 0 aromatic heterocycles. The van der Waals surface area contributed by atoms with Crippen molar-refractivity contribution >= 4 is 0 Å². The molecular weight excluding hydrogens is 655 g/mol. The fourth-order valence-corrected chi connectivity index (χ4v) is 6.31. The first-order valence-electron chi connectivity index (χ1n) is 15.9. The number of benzene rings is 3. The summed E-state index contributed by atoms with van der Waals surface area (Å²) in [7, 11) is 0. The largest absolute Gasteiger partial charge is 0.573 e. The van der Waals surface area contributed by atoms with E-state index in [2.05, 4.69) is 11.7 Å². The number of hydrogen-bond donors (Lipinski definition) is 0. The Hall–Kier alpha value is -3.45. The smallest absolute Gasteiger partial charge is 0.432 e.